The van der Waals surface area contributed by atoms with E-state index in [1.807, 2.05) is 27.7 Å². The number of likely N-dealkylation sites (tertiary alicyclic amines) is 1. The monoisotopic (exact) mass is 394 g/mol. The van der Waals surface area contributed by atoms with Crippen molar-refractivity contribution in [1.82, 2.24) is 9.21 Å². The summed E-state index contributed by atoms with van der Waals surface area (Å²) in [5.74, 6) is 0. The highest BCUT2D eigenvalue weighted by atomic mass is 32.2. The van der Waals surface area contributed by atoms with Gasteiger partial charge in [0, 0.05) is 39.3 Å². The lowest BCUT2D eigenvalue weighted by Crippen LogP contribution is -2.49. The molecule has 0 aromatic heterocycles. The van der Waals surface area contributed by atoms with Crippen LogP contribution in [0.15, 0.2) is 11.0 Å². The molecule has 152 valence electrons. The molecule has 0 atom stereocenters. The highest BCUT2D eigenvalue weighted by molar-refractivity contribution is 7.89. The van der Waals surface area contributed by atoms with Gasteiger partial charge in [-0.1, -0.05) is 6.07 Å². The molecule has 2 aliphatic rings. The molecule has 0 radical (unpaired) electrons. The predicted molar refractivity (Wildman–Crippen MR) is 109 cm³/mol. The predicted octanol–water partition coefficient (Wildman–Crippen LogP) is 3.18. The number of sulfonamides is 1. The first kappa shape index (κ1) is 20.8. The summed E-state index contributed by atoms with van der Waals surface area (Å²) in [6, 6.07) is 2.58. The number of methoxy groups -OCH3 is 1. The van der Waals surface area contributed by atoms with Crippen molar-refractivity contribution in [2.24, 2.45) is 0 Å². The summed E-state index contributed by atoms with van der Waals surface area (Å²) >= 11 is 0. The van der Waals surface area contributed by atoms with Crippen molar-refractivity contribution in [3.8, 4) is 0 Å². The number of ether oxygens (including phenoxy) is 1. The van der Waals surface area contributed by atoms with Crippen molar-refractivity contribution >= 4 is 10.0 Å². The zero-order valence-electron chi connectivity index (χ0n) is 17.4. The van der Waals surface area contributed by atoms with Gasteiger partial charge in [-0.2, -0.15) is 4.31 Å². The molecule has 0 unspecified atom stereocenters. The maximum Gasteiger partial charge on any atom is 0.243 e. The summed E-state index contributed by atoms with van der Waals surface area (Å²) < 4.78 is 34.0. The summed E-state index contributed by atoms with van der Waals surface area (Å²) in [6.45, 7) is 11.2. The van der Waals surface area contributed by atoms with Gasteiger partial charge in [0.25, 0.3) is 0 Å². The third-order valence-electron chi connectivity index (χ3n) is 6.64. The van der Waals surface area contributed by atoms with Crippen LogP contribution in [-0.2, 0) is 14.8 Å². The minimum Gasteiger partial charge on any atom is -0.381 e. The Morgan fingerprint density at radius 2 is 1.41 bits per heavy atom. The third kappa shape index (κ3) is 4.09. The van der Waals surface area contributed by atoms with E-state index in [1.54, 1.807) is 11.4 Å². The number of hydrogen-bond acceptors (Lipinski definition) is 4. The Morgan fingerprint density at radius 3 is 1.89 bits per heavy atom. The normalized spacial score (nSPS) is 21.7. The first-order valence-electron chi connectivity index (χ1n) is 10.1. The molecule has 0 spiro atoms. The maximum absolute atomic E-state index is 13.4. The van der Waals surface area contributed by atoms with Crippen LogP contribution in [0.2, 0.25) is 0 Å². The van der Waals surface area contributed by atoms with E-state index in [-0.39, 0.29) is 0 Å². The molecule has 2 heterocycles. The van der Waals surface area contributed by atoms with Gasteiger partial charge >= 0.3 is 0 Å². The molecule has 0 saturated carbocycles. The summed E-state index contributed by atoms with van der Waals surface area (Å²) in [5, 5.41) is 0. The van der Waals surface area contributed by atoms with Crippen molar-refractivity contribution in [1.29, 1.82) is 0 Å². The zero-order chi connectivity index (χ0) is 19.8. The van der Waals surface area contributed by atoms with Crippen LogP contribution in [0.4, 0.5) is 0 Å². The van der Waals surface area contributed by atoms with Gasteiger partial charge in [-0.3, -0.25) is 0 Å². The Bertz CT molecular complexity index is 749. The van der Waals surface area contributed by atoms with Crippen molar-refractivity contribution < 1.29 is 13.2 Å². The van der Waals surface area contributed by atoms with Gasteiger partial charge in [0.15, 0.2) is 0 Å². The molecule has 5 nitrogen and oxygen atoms in total. The lowest BCUT2D eigenvalue weighted by Gasteiger charge is -2.41. The smallest absolute Gasteiger partial charge is 0.243 e. The van der Waals surface area contributed by atoms with Crippen molar-refractivity contribution in [3.05, 3.63) is 28.3 Å². The number of aryl methyl sites for hydroxylation is 2. The van der Waals surface area contributed by atoms with E-state index in [1.165, 1.54) is 0 Å². The van der Waals surface area contributed by atoms with Crippen LogP contribution >= 0.6 is 0 Å². The number of rotatable bonds is 4. The van der Waals surface area contributed by atoms with Gasteiger partial charge < -0.3 is 9.64 Å². The topological polar surface area (TPSA) is 49.9 Å². The molecule has 1 aromatic carbocycles. The molecule has 3 rings (SSSR count). The van der Waals surface area contributed by atoms with Crippen molar-refractivity contribution in [2.45, 2.75) is 70.4 Å². The number of piperidine rings is 2. The second kappa shape index (κ2) is 8.19. The summed E-state index contributed by atoms with van der Waals surface area (Å²) in [5.41, 5.74) is 3.88. The Morgan fingerprint density at radius 1 is 0.889 bits per heavy atom. The van der Waals surface area contributed by atoms with Crippen LogP contribution < -0.4 is 0 Å². The highest BCUT2D eigenvalue weighted by Gasteiger charge is 2.34. The van der Waals surface area contributed by atoms with Crippen LogP contribution in [0.5, 0.6) is 0 Å². The minimum atomic E-state index is -3.44. The molecular formula is C21H34N2O3S. The molecule has 2 fully saturated rings. The first-order chi connectivity index (χ1) is 12.8. The van der Waals surface area contributed by atoms with Gasteiger partial charge in [-0.05, 0) is 75.6 Å². The van der Waals surface area contributed by atoms with Crippen LogP contribution in [-0.4, -0.2) is 63.1 Å². The average Bonchev–Trinajstić information content (AvgIpc) is 2.66. The number of benzene rings is 1. The van der Waals surface area contributed by atoms with E-state index >= 15 is 0 Å². The SMILES string of the molecule is COC1CCN(C2CCN(S(=O)(=O)c3c(C)c(C)cc(C)c3C)CC2)CC1. The molecule has 27 heavy (non-hydrogen) atoms. The summed E-state index contributed by atoms with van der Waals surface area (Å²) in [7, 11) is -1.65. The molecule has 0 N–H and O–H groups in total. The molecule has 0 amide bonds. The second-order valence-corrected chi connectivity index (χ2v) is 10.1. The van der Waals surface area contributed by atoms with Gasteiger partial charge in [0.05, 0.1) is 11.0 Å². The zero-order valence-corrected chi connectivity index (χ0v) is 18.2. The fraction of sp³-hybridized carbons (Fsp3) is 0.714. The first-order valence-corrected chi connectivity index (χ1v) is 11.5. The maximum atomic E-state index is 13.4. The van der Waals surface area contributed by atoms with Gasteiger partial charge in [-0.15, -0.1) is 0 Å². The molecular weight excluding hydrogens is 360 g/mol. The summed E-state index contributed by atoms with van der Waals surface area (Å²) in [6.07, 6.45) is 4.38. The quantitative estimate of drug-likeness (QED) is 0.787. The van der Waals surface area contributed by atoms with Crippen LogP contribution in [0.3, 0.4) is 0 Å². The molecule has 0 aliphatic carbocycles. The van der Waals surface area contributed by atoms with Crippen LogP contribution in [0.1, 0.15) is 47.9 Å². The lowest BCUT2D eigenvalue weighted by atomic mass is 10.00. The van der Waals surface area contributed by atoms with Crippen LogP contribution in [0, 0.1) is 27.7 Å². The van der Waals surface area contributed by atoms with Gasteiger partial charge in [0.1, 0.15) is 0 Å². The van der Waals surface area contributed by atoms with E-state index in [0.717, 1.165) is 61.0 Å². The molecule has 0 bridgehead atoms. The third-order valence-corrected chi connectivity index (χ3v) is 8.82. The van der Waals surface area contributed by atoms with Gasteiger partial charge in [0.2, 0.25) is 10.0 Å². The Hall–Kier alpha value is -0.950. The van der Waals surface area contributed by atoms with E-state index in [9.17, 15) is 8.42 Å². The van der Waals surface area contributed by atoms with Crippen LogP contribution in [0.25, 0.3) is 0 Å². The molecule has 6 heteroatoms. The lowest BCUT2D eigenvalue weighted by molar-refractivity contribution is 0.0190. The Kier molecular flexibility index (Phi) is 6.31. The standard InChI is InChI=1S/C21H34N2O3S/c1-15-14-16(2)18(4)21(17(15)3)27(24,25)23-12-6-19(7-13-23)22-10-8-20(26-5)9-11-22/h14,19-20H,6-13H2,1-5H3. The van der Waals surface area contributed by atoms with E-state index in [0.29, 0.717) is 30.1 Å². The largest absolute Gasteiger partial charge is 0.381 e. The van der Waals surface area contributed by atoms with Gasteiger partial charge in [-0.25, -0.2) is 8.42 Å². The molecule has 1 aromatic rings. The highest BCUT2D eigenvalue weighted by Crippen LogP contribution is 2.31. The number of hydrogen-bond donors (Lipinski definition) is 0. The van der Waals surface area contributed by atoms with E-state index < -0.39 is 10.0 Å². The molecule has 2 aliphatic heterocycles. The number of nitrogens with zero attached hydrogens (tertiary/aromatic N) is 2. The second-order valence-electron chi connectivity index (χ2n) is 8.20. The molecule has 2 saturated heterocycles. The summed E-state index contributed by atoms with van der Waals surface area (Å²) in [4.78, 5) is 3.06. The van der Waals surface area contributed by atoms with E-state index in [2.05, 4.69) is 11.0 Å². The van der Waals surface area contributed by atoms with Crippen molar-refractivity contribution in [3.63, 3.8) is 0 Å². The fourth-order valence-corrected chi connectivity index (χ4v) is 6.67. The minimum absolute atomic E-state index is 0.386. The average molecular weight is 395 g/mol. The van der Waals surface area contributed by atoms with E-state index in [4.69, 9.17) is 4.74 Å². The Labute approximate surface area is 164 Å². The van der Waals surface area contributed by atoms with Crippen molar-refractivity contribution in [2.75, 3.05) is 33.3 Å². The fourth-order valence-electron chi connectivity index (χ4n) is 4.62. The Balaban J connectivity index is 1.71.